The van der Waals surface area contributed by atoms with Gasteiger partial charge in [0.15, 0.2) is 0 Å². The van der Waals surface area contributed by atoms with Crippen LogP contribution in [0.25, 0.3) is 0 Å². The predicted molar refractivity (Wildman–Crippen MR) is 353 cm³/mol. The molecule has 6 rings (SSSR count). The number of hydrogen-bond donors (Lipinski definition) is 5. The number of nitrogens with one attached hydrogen (secondary N) is 5. The molecule has 1 aromatic carbocycles. The van der Waals surface area contributed by atoms with Crippen LogP contribution < -0.4 is 26.6 Å². The molecule has 0 bridgehead atoms. The SMILES string of the molecule is COC(=O)Cc1cc(C(=O)OC(C)(C)C)c(NC(=O)Cc2cc(C(=O)OC(C)(C)C)c(NC(=O)Cc3cc(C(=O)OC(C)(C)C)c(NC(=O)Cc4cc(C(=O)OC(C)(C)C)c(NC(=O)Cc5cc(C(=O)OC(C)(C)C)c(NC(=O)OCc6ccccc6)s5)s4)s3)s2)s1. The zero-order chi connectivity index (χ0) is 68.4. The quantitative estimate of drug-likeness (QED) is 0.0311. The van der Waals surface area contributed by atoms with E-state index in [-0.39, 0.29) is 88.4 Å². The summed E-state index contributed by atoms with van der Waals surface area (Å²) in [7, 11) is 1.22. The topological polar surface area (TPSA) is 313 Å². The number of esters is 6. The third-order valence-electron chi connectivity index (χ3n) is 11.3. The summed E-state index contributed by atoms with van der Waals surface area (Å²) in [6, 6.07) is 16.0. The summed E-state index contributed by atoms with van der Waals surface area (Å²) < 4.78 is 38.4. The van der Waals surface area contributed by atoms with Gasteiger partial charge >= 0.3 is 41.9 Å². The fourth-order valence-corrected chi connectivity index (χ4v) is 13.2. The first-order valence-corrected chi connectivity index (χ1v) is 32.7. The van der Waals surface area contributed by atoms with Crippen molar-refractivity contribution in [1.29, 1.82) is 0 Å². The molecule has 28 heteroatoms. The Bertz CT molecular complexity index is 3780. The minimum atomic E-state index is -0.989. The second-order valence-corrected chi connectivity index (χ2v) is 31.3. The van der Waals surface area contributed by atoms with Crippen molar-refractivity contribution in [1.82, 2.24) is 0 Å². The molecule has 0 atom stereocenters. The lowest BCUT2D eigenvalue weighted by Gasteiger charge is -2.19. The highest BCUT2D eigenvalue weighted by molar-refractivity contribution is 7.18. The number of anilines is 5. The van der Waals surface area contributed by atoms with Gasteiger partial charge in [-0.3, -0.25) is 29.3 Å². The van der Waals surface area contributed by atoms with Gasteiger partial charge in [0.2, 0.25) is 23.6 Å². The summed E-state index contributed by atoms with van der Waals surface area (Å²) in [5.74, 6) is -7.09. The lowest BCUT2D eigenvalue weighted by molar-refractivity contribution is -0.139. The first-order valence-electron chi connectivity index (χ1n) is 28.6. The molecule has 0 fully saturated rings. The van der Waals surface area contributed by atoms with Crippen molar-refractivity contribution in [3.8, 4) is 0 Å². The number of carbonyl (C=O) groups is 11. The van der Waals surface area contributed by atoms with Crippen LogP contribution in [-0.4, -0.2) is 101 Å². The monoisotopic (exact) mass is 1360 g/mol. The molecule has 5 amide bonds. The van der Waals surface area contributed by atoms with Crippen LogP contribution in [0.1, 0.15) is 186 Å². The van der Waals surface area contributed by atoms with Crippen molar-refractivity contribution in [2.45, 2.75) is 171 Å². The molecule has 0 saturated heterocycles. The van der Waals surface area contributed by atoms with E-state index < -0.39 is 106 Å². The van der Waals surface area contributed by atoms with Gasteiger partial charge in [-0.2, -0.15) is 0 Å². The zero-order valence-corrected chi connectivity index (χ0v) is 58.0. The minimum Gasteiger partial charge on any atom is -0.469 e. The van der Waals surface area contributed by atoms with Crippen molar-refractivity contribution in [2.75, 3.05) is 33.7 Å². The summed E-state index contributed by atoms with van der Waals surface area (Å²) in [6.07, 6.45) is -2.49. The fraction of sp³-hybridized carbons (Fsp3) is 0.422. The molecular formula is C64H75N5O18S5. The smallest absolute Gasteiger partial charge is 0.412 e. The molecule has 0 radical (unpaired) electrons. The van der Waals surface area contributed by atoms with Crippen LogP contribution in [-0.2, 0) is 95.8 Å². The highest BCUT2D eigenvalue weighted by Crippen LogP contribution is 2.38. The van der Waals surface area contributed by atoms with E-state index in [0.29, 0.717) is 14.6 Å². The van der Waals surface area contributed by atoms with Crippen LogP contribution in [0.15, 0.2) is 60.7 Å². The second kappa shape index (κ2) is 30.0. The van der Waals surface area contributed by atoms with E-state index >= 15 is 0 Å². The van der Waals surface area contributed by atoms with Crippen molar-refractivity contribution in [2.24, 2.45) is 0 Å². The highest BCUT2D eigenvalue weighted by Gasteiger charge is 2.32. The van der Waals surface area contributed by atoms with Gasteiger partial charge in [0, 0.05) is 24.4 Å². The van der Waals surface area contributed by atoms with E-state index in [0.717, 1.165) is 62.2 Å². The summed E-state index contributed by atoms with van der Waals surface area (Å²) in [6.45, 7) is 24.9. The molecular weight excluding hydrogens is 1290 g/mol. The number of hydrogen-bond acceptors (Lipinski definition) is 23. The largest absolute Gasteiger partial charge is 0.469 e. The van der Waals surface area contributed by atoms with Gasteiger partial charge in [-0.05, 0) is 140 Å². The van der Waals surface area contributed by atoms with Crippen molar-refractivity contribution < 1.29 is 85.9 Å². The molecule has 494 valence electrons. The number of amides is 5. The number of thiophene rings is 5. The molecule has 0 aliphatic rings. The Kier molecular flexibility index (Phi) is 23.7. The third kappa shape index (κ3) is 23.1. The van der Waals surface area contributed by atoms with Crippen LogP contribution in [0.2, 0.25) is 0 Å². The van der Waals surface area contributed by atoms with Gasteiger partial charge in [-0.15, -0.1) is 56.7 Å². The first kappa shape index (κ1) is 72.7. The summed E-state index contributed by atoms with van der Waals surface area (Å²) in [5, 5.41) is 13.8. The molecule has 92 heavy (non-hydrogen) atoms. The molecule has 0 aliphatic heterocycles. The number of rotatable bonds is 22. The van der Waals surface area contributed by atoms with Crippen molar-refractivity contribution >= 4 is 147 Å². The zero-order valence-electron chi connectivity index (χ0n) is 53.9. The second-order valence-electron chi connectivity index (χ2n) is 25.6. The lowest BCUT2D eigenvalue weighted by atomic mass is 10.1. The number of benzene rings is 1. The summed E-state index contributed by atoms with van der Waals surface area (Å²) >= 11 is 4.65. The lowest BCUT2D eigenvalue weighted by Crippen LogP contribution is -2.25. The minimum absolute atomic E-state index is 0.0152. The normalized spacial score (nSPS) is 11.8. The van der Waals surface area contributed by atoms with Crippen molar-refractivity contribution in [3.05, 3.63) is 118 Å². The van der Waals surface area contributed by atoms with E-state index in [4.69, 9.17) is 33.2 Å². The van der Waals surface area contributed by atoms with Gasteiger partial charge in [0.05, 0.1) is 67.0 Å². The van der Waals surface area contributed by atoms with E-state index in [1.807, 2.05) is 6.07 Å². The maximum Gasteiger partial charge on any atom is 0.412 e. The Labute approximate surface area is 552 Å². The maximum absolute atomic E-state index is 14.1. The van der Waals surface area contributed by atoms with Gasteiger partial charge in [-0.25, -0.2) is 28.8 Å². The Morgan fingerprint density at radius 2 is 0.587 bits per heavy atom. The third-order valence-corrected chi connectivity index (χ3v) is 16.6. The van der Waals surface area contributed by atoms with Crippen LogP contribution >= 0.6 is 56.7 Å². The van der Waals surface area contributed by atoms with Crippen LogP contribution in [0.4, 0.5) is 29.8 Å². The molecule has 6 aromatic rings. The fourth-order valence-electron chi connectivity index (χ4n) is 7.92. The average molecular weight is 1360 g/mol. The Balaban J connectivity index is 1.22. The molecule has 0 spiro atoms. The van der Waals surface area contributed by atoms with E-state index in [2.05, 4.69) is 26.6 Å². The molecule has 5 heterocycles. The molecule has 0 unspecified atom stereocenters. The van der Waals surface area contributed by atoms with E-state index in [9.17, 15) is 52.7 Å². The molecule has 0 aliphatic carbocycles. The maximum atomic E-state index is 14.1. The Hall–Kier alpha value is -8.31. The predicted octanol–water partition coefficient (Wildman–Crippen LogP) is 13.0. The molecule has 5 aromatic heterocycles. The number of carbonyl (C=O) groups excluding carboxylic acids is 11. The molecule has 5 N–H and O–H groups in total. The summed E-state index contributed by atoms with van der Waals surface area (Å²) in [5.41, 5.74) is -4.22. The van der Waals surface area contributed by atoms with Gasteiger partial charge in [0.25, 0.3) is 0 Å². The van der Waals surface area contributed by atoms with E-state index in [1.54, 1.807) is 128 Å². The van der Waals surface area contributed by atoms with Gasteiger partial charge < -0.3 is 54.4 Å². The van der Waals surface area contributed by atoms with Gasteiger partial charge in [0.1, 0.15) is 59.6 Å². The summed E-state index contributed by atoms with van der Waals surface area (Å²) in [4.78, 5) is 150. The Morgan fingerprint density at radius 3 is 0.826 bits per heavy atom. The standard InChI is InChI=1S/C64H75N5O18S5/c1-60(2,3)83-54(75)39-22-34(27-44(70)66-50-40(55(76)84-61(4,5)6)24-36(90-50)29-46(72)68-52-42(57(78)86-63(10,11)12)26-38(92-52)31-48(74)81-16)88-49(39)65-45(71)28-35-23-41(56(77)85-62(7,8)9)51(89-35)67-47(73)30-37-25-43(58(79)87-64(13,14)15)53(91-37)69-59(80)82-32-33-20-18-17-19-21-33/h17-26H,27-32H2,1-16H3,(H,65,71)(H,66,70)(H,67,73)(H,68,72)(H,69,80). The van der Waals surface area contributed by atoms with Gasteiger partial charge in [-0.1, -0.05) is 30.3 Å². The highest BCUT2D eigenvalue weighted by atomic mass is 32.1. The van der Waals surface area contributed by atoms with Crippen molar-refractivity contribution in [3.63, 3.8) is 0 Å². The van der Waals surface area contributed by atoms with E-state index in [1.165, 1.54) is 37.4 Å². The molecule has 23 nitrogen and oxygen atoms in total. The van der Waals surface area contributed by atoms with Crippen LogP contribution in [0, 0.1) is 0 Å². The first-order chi connectivity index (χ1) is 42.6. The average Bonchev–Trinajstić information content (AvgIpc) is 1.70. The Morgan fingerprint density at radius 1 is 0.348 bits per heavy atom. The van der Waals surface area contributed by atoms with Crippen LogP contribution in [0.5, 0.6) is 0 Å². The molecule has 0 saturated carbocycles. The van der Waals surface area contributed by atoms with Crippen LogP contribution in [0.3, 0.4) is 0 Å². The number of methoxy groups -OCH3 is 1. The number of ether oxygens (including phenoxy) is 7.